The van der Waals surface area contributed by atoms with Gasteiger partial charge in [0.2, 0.25) is 0 Å². The first-order valence-corrected chi connectivity index (χ1v) is 3.54. The highest BCUT2D eigenvalue weighted by Crippen LogP contribution is 1.89. The number of nitrogens with one attached hydrogen (secondary N) is 1. The summed E-state index contributed by atoms with van der Waals surface area (Å²) >= 11 is 0. The van der Waals surface area contributed by atoms with E-state index in [-0.39, 0.29) is 0 Å². The minimum absolute atomic E-state index is 0.977. The van der Waals surface area contributed by atoms with Crippen LogP contribution in [0.5, 0.6) is 0 Å². The largest absolute Gasteiger partial charge is 0.323 e. The summed E-state index contributed by atoms with van der Waals surface area (Å²) in [5, 5.41) is 2.75. The van der Waals surface area contributed by atoms with Crippen LogP contribution in [-0.4, -0.2) is 24.1 Å². The number of hydrogen-bond donors (Lipinski definition) is 1. The van der Waals surface area contributed by atoms with Crippen LogP contribution in [0, 0.1) is 13.8 Å². The van der Waals surface area contributed by atoms with Crippen LogP contribution in [0.4, 0.5) is 0 Å². The maximum atomic E-state index is 4.11. The third-order valence-corrected chi connectivity index (χ3v) is 0.875. The molecular weight excluding hydrogens is 138 g/mol. The van der Waals surface area contributed by atoms with Crippen molar-refractivity contribution in [2.24, 2.45) is 0 Å². The van der Waals surface area contributed by atoms with Crippen molar-refractivity contribution < 1.29 is 0 Å². The van der Waals surface area contributed by atoms with Crippen molar-refractivity contribution in [3.05, 3.63) is 23.8 Å². The number of rotatable bonds is 0. The topological polar surface area (TPSA) is 37.8 Å². The molecule has 11 heavy (non-hydrogen) atoms. The van der Waals surface area contributed by atoms with Crippen LogP contribution in [0.3, 0.4) is 0 Å². The summed E-state index contributed by atoms with van der Waals surface area (Å²) in [5.41, 5.74) is 1.95. The van der Waals surface area contributed by atoms with E-state index in [4.69, 9.17) is 0 Å². The highest BCUT2D eigenvalue weighted by Gasteiger charge is 1.83. The van der Waals surface area contributed by atoms with E-state index in [1.54, 1.807) is 12.4 Å². The first kappa shape index (κ1) is 10.0. The summed E-state index contributed by atoms with van der Waals surface area (Å²) in [4.78, 5) is 8.03. The normalized spacial score (nSPS) is 8.36. The monoisotopic (exact) mass is 153 g/mol. The zero-order valence-electron chi connectivity index (χ0n) is 7.55. The Morgan fingerprint density at radius 2 is 1.45 bits per heavy atom. The lowest BCUT2D eigenvalue weighted by atomic mass is 10.4. The summed E-state index contributed by atoms with van der Waals surface area (Å²) in [6.07, 6.45) is 3.49. The summed E-state index contributed by atoms with van der Waals surface area (Å²) in [6, 6.07) is 0. The maximum absolute atomic E-state index is 4.11. The van der Waals surface area contributed by atoms with Crippen molar-refractivity contribution >= 4 is 0 Å². The van der Waals surface area contributed by atoms with Gasteiger partial charge in [-0.3, -0.25) is 9.97 Å². The molecule has 0 aromatic carbocycles. The summed E-state index contributed by atoms with van der Waals surface area (Å²) < 4.78 is 0. The lowest BCUT2D eigenvalue weighted by molar-refractivity contribution is 1.02. The Morgan fingerprint density at radius 1 is 1.09 bits per heavy atom. The average Bonchev–Trinajstić information content (AvgIpc) is 1.88. The molecule has 0 saturated carbocycles. The van der Waals surface area contributed by atoms with Gasteiger partial charge in [-0.2, -0.15) is 0 Å². The van der Waals surface area contributed by atoms with E-state index in [1.807, 2.05) is 27.9 Å². The number of hydrogen-bond acceptors (Lipinski definition) is 3. The van der Waals surface area contributed by atoms with E-state index in [9.17, 15) is 0 Å². The van der Waals surface area contributed by atoms with Crippen LogP contribution in [0.15, 0.2) is 12.4 Å². The van der Waals surface area contributed by atoms with Gasteiger partial charge in [-0.25, -0.2) is 0 Å². The molecule has 1 N–H and O–H groups in total. The SMILES string of the molecule is CNC.Cc1cncc(C)n1. The Balaban J connectivity index is 0.000000292. The second-order valence-corrected chi connectivity index (χ2v) is 2.30. The molecule has 0 bridgehead atoms. The van der Waals surface area contributed by atoms with Crippen LogP contribution >= 0.6 is 0 Å². The van der Waals surface area contributed by atoms with Gasteiger partial charge in [-0.15, -0.1) is 0 Å². The lowest BCUT2D eigenvalue weighted by Gasteiger charge is -1.89. The quantitative estimate of drug-likeness (QED) is 0.602. The van der Waals surface area contributed by atoms with E-state index >= 15 is 0 Å². The molecule has 3 nitrogen and oxygen atoms in total. The predicted molar refractivity (Wildman–Crippen MR) is 46.5 cm³/mol. The van der Waals surface area contributed by atoms with Gasteiger partial charge in [0.15, 0.2) is 0 Å². The molecule has 0 spiro atoms. The van der Waals surface area contributed by atoms with Crippen molar-refractivity contribution in [1.29, 1.82) is 0 Å². The fourth-order valence-corrected chi connectivity index (χ4v) is 0.589. The highest BCUT2D eigenvalue weighted by molar-refractivity contribution is 4.98. The van der Waals surface area contributed by atoms with Crippen LogP contribution < -0.4 is 5.32 Å². The predicted octanol–water partition coefficient (Wildman–Crippen LogP) is 0.929. The van der Waals surface area contributed by atoms with Crippen LogP contribution in [-0.2, 0) is 0 Å². The minimum atomic E-state index is 0.977. The molecule has 0 aliphatic heterocycles. The first-order valence-electron chi connectivity index (χ1n) is 3.54. The second-order valence-electron chi connectivity index (χ2n) is 2.30. The van der Waals surface area contributed by atoms with Crippen molar-refractivity contribution in [3.63, 3.8) is 0 Å². The smallest absolute Gasteiger partial charge is 0.0558 e. The Morgan fingerprint density at radius 3 is 1.64 bits per heavy atom. The van der Waals surface area contributed by atoms with Gasteiger partial charge in [0.1, 0.15) is 0 Å². The van der Waals surface area contributed by atoms with Crippen molar-refractivity contribution in [3.8, 4) is 0 Å². The highest BCUT2D eigenvalue weighted by atomic mass is 14.8. The molecular formula is C8H15N3. The van der Waals surface area contributed by atoms with Gasteiger partial charge in [0.25, 0.3) is 0 Å². The summed E-state index contributed by atoms with van der Waals surface area (Å²) in [6.45, 7) is 3.86. The van der Waals surface area contributed by atoms with Gasteiger partial charge in [0.05, 0.1) is 11.4 Å². The molecule has 3 heteroatoms. The zero-order valence-corrected chi connectivity index (χ0v) is 7.55. The van der Waals surface area contributed by atoms with Crippen molar-refractivity contribution in [2.75, 3.05) is 14.1 Å². The summed E-state index contributed by atoms with van der Waals surface area (Å²) in [5.74, 6) is 0. The van der Waals surface area contributed by atoms with E-state index in [0.717, 1.165) is 11.4 Å². The molecule has 0 saturated heterocycles. The molecule has 0 fully saturated rings. The molecule has 1 rings (SSSR count). The van der Waals surface area contributed by atoms with E-state index < -0.39 is 0 Å². The molecule has 1 aromatic rings. The van der Waals surface area contributed by atoms with Gasteiger partial charge < -0.3 is 5.32 Å². The van der Waals surface area contributed by atoms with Crippen molar-refractivity contribution in [1.82, 2.24) is 15.3 Å². The molecule has 0 unspecified atom stereocenters. The average molecular weight is 153 g/mol. The fraction of sp³-hybridized carbons (Fsp3) is 0.500. The molecule has 0 aliphatic carbocycles. The van der Waals surface area contributed by atoms with Gasteiger partial charge in [-0.1, -0.05) is 0 Å². The Labute approximate surface area is 67.9 Å². The first-order chi connectivity index (χ1) is 5.20. The maximum Gasteiger partial charge on any atom is 0.0558 e. The number of aromatic nitrogens is 2. The van der Waals surface area contributed by atoms with E-state index in [1.165, 1.54) is 0 Å². The van der Waals surface area contributed by atoms with Crippen LogP contribution in [0.25, 0.3) is 0 Å². The Kier molecular flexibility index (Phi) is 5.29. The van der Waals surface area contributed by atoms with Crippen LogP contribution in [0.1, 0.15) is 11.4 Å². The van der Waals surface area contributed by atoms with E-state index in [0.29, 0.717) is 0 Å². The van der Waals surface area contributed by atoms with Gasteiger partial charge >= 0.3 is 0 Å². The third-order valence-electron chi connectivity index (χ3n) is 0.875. The molecule has 1 heterocycles. The van der Waals surface area contributed by atoms with Crippen molar-refractivity contribution in [2.45, 2.75) is 13.8 Å². The molecule has 0 aliphatic rings. The summed E-state index contributed by atoms with van der Waals surface area (Å²) in [7, 11) is 3.75. The third kappa shape index (κ3) is 5.48. The lowest BCUT2D eigenvalue weighted by Crippen LogP contribution is -1.89. The molecule has 0 amide bonds. The zero-order chi connectivity index (χ0) is 8.69. The van der Waals surface area contributed by atoms with E-state index in [2.05, 4.69) is 15.3 Å². The fourth-order valence-electron chi connectivity index (χ4n) is 0.589. The molecule has 0 atom stereocenters. The molecule has 1 aromatic heterocycles. The molecule has 0 radical (unpaired) electrons. The molecule has 62 valence electrons. The number of nitrogens with zero attached hydrogens (tertiary/aromatic N) is 2. The Hall–Kier alpha value is -0.960. The number of aryl methyl sites for hydroxylation is 2. The second kappa shape index (κ2) is 5.80. The minimum Gasteiger partial charge on any atom is -0.323 e. The Bertz CT molecular complexity index is 181. The van der Waals surface area contributed by atoms with Crippen LogP contribution in [0.2, 0.25) is 0 Å². The van der Waals surface area contributed by atoms with Gasteiger partial charge in [0, 0.05) is 12.4 Å². The standard InChI is InChI=1S/C6H8N2.C2H7N/c1-5-3-7-4-6(2)8-5;1-3-2/h3-4H,1-2H3;3H,1-2H3. The van der Waals surface area contributed by atoms with Gasteiger partial charge in [-0.05, 0) is 27.9 Å².